The maximum Gasteiger partial charge on any atom is 0.133 e. The molecule has 1 rings (SSSR count). The van der Waals surface area contributed by atoms with E-state index < -0.39 is 6.10 Å². The lowest BCUT2D eigenvalue weighted by Crippen LogP contribution is -2.37. The van der Waals surface area contributed by atoms with Crippen LogP contribution in [0.2, 0.25) is 0 Å². The molecule has 2 atom stereocenters. The second-order valence-electron chi connectivity index (χ2n) is 4.81. The second-order valence-corrected chi connectivity index (χ2v) is 5.67. The maximum absolute atomic E-state index is 9.90. The molecule has 0 aromatic heterocycles. The van der Waals surface area contributed by atoms with Gasteiger partial charge in [0, 0.05) is 6.54 Å². The zero-order valence-electron chi connectivity index (χ0n) is 12.0. The van der Waals surface area contributed by atoms with E-state index in [1.54, 1.807) is 0 Å². The molecule has 3 nitrogen and oxygen atoms in total. The summed E-state index contributed by atoms with van der Waals surface area (Å²) in [5.41, 5.74) is 1.16. The molecule has 0 heterocycles. The van der Waals surface area contributed by atoms with Crippen LogP contribution in [0.25, 0.3) is 0 Å². The van der Waals surface area contributed by atoms with Gasteiger partial charge in [-0.3, -0.25) is 0 Å². The van der Waals surface area contributed by atoms with E-state index in [-0.39, 0.29) is 12.6 Å². The molecule has 20 heavy (non-hydrogen) atoms. The van der Waals surface area contributed by atoms with Gasteiger partial charge in [-0.2, -0.15) is 0 Å². The summed E-state index contributed by atoms with van der Waals surface area (Å²) in [6.07, 6.45) is 6.75. The van der Waals surface area contributed by atoms with Crippen molar-refractivity contribution in [1.29, 1.82) is 0 Å². The average Bonchev–Trinajstić information content (AvgIpc) is 2.42. The molecular weight excluding hydrogens is 318 g/mol. The maximum atomic E-state index is 9.90. The molecule has 0 spiro atoms. The zero-order chi connectivity index (χ0) is 15.0. The minimum atomic E-state index is -0.587. The van der Waals surface area contributed by atoms with Crippen LogP contribution in [0.15, 0.2) is 22.7 Å². The molecule has 2 N–H and O–H groups in total. The van der Waals surface area contributed by atoms with E-state index in [0.29, 0.717) is 6.54 Å². The van der Waals surface area contributed by atoms with Gasteiger partial charge in [0.25, 0.3) is 0 Å². The summed E-state index contributed by atoms with van der Waals surface area (Å²) < 4.78 is 6.48. The average molecular weight is 340 g/mol. The van der Waals surface area contributed by atoms with Crippen molar-refractivity contribution in [2.75, 3.05) is 13.2 Å². The van der Waals surface area contributed by atoms with E-state index in [0.717, 1.165) is 28.6 Å². The minimum Gasteiger partial charge on any atom is -0.490 e. The van der Waals surface area contributed by atoms with Crippen molar-refractivity contribution in [3.63, 3.8) is 0 Å². The number of halogens is 1. The number of ether oxygens (including phenoxy) is 1. The Hall–Kier alpha value is -1.02. The van der Waals surface area contributed by atoms with Gasteiger partial charge in [-0.1, -0.05) is 25.3 Å². The lowest BCUT2D eigenvalue weighted by molar-refractivity contribution is 0.104. The zero-order valence-corrected chi connectivity index (χ0v) is 13.6. The Balaban J connectivity index is 2.36. The monoisotopic (exact) mass is 339 g/mol. The van der Waals surface area contributed by atoms with Crippen LogP contribution in [0.4, 0.5) is 0 Å². The molecule has 0 saturated carbocycles. The van der Waals surface area contributed by atoms with Crippen molar-refractivity contribution in [3.05, 3.63) is 28.2 Å². The highest BCUT2D eigenvalue weighted by molar-refractivity contribution is 9.10. The van der Waals surface area contributed by atoms with Crippen LogP contribution in [0.3, 0.4) is 0 Å². The summed E-state index contributed by atoms with van der Waals surface area (Å²) in [7, 11) is 0. The van der Waals surface area contributed by atoms with Crippen molar-refractivity contribution in [2.45, 2.75) is 38.8 Å². The van der Waals surface area contributed by atoms with Gasteiger partial charge in [-0.05, 0) is 47.0 Å². The molecule has 0 fully saturated rings. The van der Waals surface area contributed by atoms with Crippen molar-refractivity contribution in [2.24, 2.45) is 0 Å². The van der Waals surface area contributed by atoms with Crippen LogP contribution < -0.4 is 10.1 Å². The number of hydrogen-bond donors (Lipinski definition) is 2. The summed E-state index contributed by atoms with van der Waals surface area (Å²) in [5.74, 6) is 3.41. The predicted octanol–water partition coefficient (Wildman–Crippen LogP) is 2.89. The first kappa shape index (κ1) is 17.0. The van der Waals surface area contributed by atoms with Crippen molar-refractivity contribution >= 4 is 15.9 Å². The molecule has 0 aliphatic rings. The summed E-state index contributed by atoms with van der Waals surface area (Å²) >= 11 is 3.44. The van der Waals surface area contributed by atoms with E-state index in [1.807, 2.05) is 25.1 Å². The Kier molecular flexibility index (Phi) is 7.68. The van der Waals surface area contributed by atoms with Crippen LogP contribution in [0.1, 0.15) is 25.3 Å². The topological polar surface area (TPSA) is 41.5 Å². The van der Waals surface area contributed by atoms with E-state index in [9.17, 15) is 5.11 Å². The highest BCUT2D eigenvalue weighted by Crippen LogP contribution is 2.25. The smallest absolute Gasteiger partial charge is 0.133 e. The summed E-state index contributed by atoms with van der Waals surface area (Å²) in [6, 6.07) is 5.86. The van der Waals surface area contributed by atoms with Crippen LogP contribution in [-0.4, -0.2) is 30.4 Å². The predicted molar refractivity (Wildman–Crippen MR) is 85.9 cm³/mol. The molecule has 0 aliphatic carbocycles. The first-order chi connectivity index (χ1) is 9.56. The third-order valence-electron chi connectivity index (χ3n) is 2.90. The first-order valence-electron chi connectivity index (χ1n) is 6.83. The third kappa shape index (κ3) is 5.96. The fourth-order valence-electron chi connectivity index (χ4n) is 1.78. The Bertz CT molecular complexity index is 456. The van der Waals surface area contributed by atoms with Crippen molar-refractivity contribution in [3.8, 4) is 18.1 Å². The number of benzene rings is 1. The molecule has 0 saturated heterocycles. The van der Waals surface area contributed by atoms with Gasteiger partial charge >= 0.3 is 0 Å². The quantitative estimate of drug-likeness (QED) is 0.715. The van der Waals surface area contributed by atoms with E-state index in [1.165, 1.54) is 0 Å². The van der Waals surface area contributed by atoms with Crippen LogP contribution >= 0.6 is 15.9 Å². The van der Waals surface area contributed by atoms with E-state index >= 15 is 0 Å². The van der Waals surface area contributed by atoms with Gasteiger partial charge in [0.05, 0.1) is 10.5 Å². The molecule has 4 heteroatoms. The van der Waals surface area contributed by atoms with Crippen LogP contribution in [0, 0.1) is 19.3 Å². The fraction of sp³-hybridized carbons (Fsp3) is 0.500. The number of aryl methyl sites for hydroxylation is 1. The molecule has 1 aromatic carbocycles. The minimum absolute atomic E-state index is 0.0146. The molecule has 0 radical (unpaired) electrons. The van der Waals surface area contributed by atoms with Crippen molar-refractivity contribution < 1.29 is 9.84 Å². The van der Waals surface area contributed by atoms with Crippen LogP contribution in [-0.2, 0) is 0 Å². The van der Waals surface area contributed by atoms with Gasteiger partial charge in [0.1, 0.15) is 18.5 Å². The van der Waals surface area contributed by atoms with E-state index in [2.05, 4.69) is 34.1 Å². The molecular formula is C16H22BrNO2. The fourth-order valence-corrected chi connectivity index (χ4v) is 2.39. The summed E-state index contributed by atoms with van der Waals surface area (Å²) in [4.78, 5) is 0. The highest BCUT2D eigenvalue weighted by atomic mass is 79.9. The van der Waals surface area contributed by atoms with Gasteiger partial charge in [0.2, 0.25) is 0 Å². The van der Waals surface area contributed by atoms with Gasteiger partial charge in [0.15, 0.2) is 0 Å². The Morgan fingerprint density at radius 1 is 1.50 bits per heavy atom. The number of aliphatic hydroxyl groups is 1. The molecule has 110 valence electrons. The van der Waals surface area contributed by atoms with Gasteiger partial charge in [-0.15, -0.1) is 6.42 Å². The lowest BCUT2D eigenvalue weighted by Gasteiger charge is -2.17. The van der Waals surface area contributed by atoms with Gasteiger partial charge < -0.3 is 15.2 Å². The van der Waals surface area contributed by atoms with E-state index in [4.69, 9.17) is 11.2 Å². The Morgan fingerprint density at radius 2 is 2.25 bits per heavy atom. The number of hydrogen-bond acceptors (Lipinski definition) is 3. The molecule has 1 aromatic rings. The second kappa shape index (κ2) is 9.02. The molecule has 0 amide bonds. The lowest BCUT2D eigenvalue weighted by atomic mass is 10.2. The van der Waals surface area contributed by atoms with Gasteiger partial charge in [-0.25, -0.2) is 0 Å². The molecule has 0 aliphatic heterocycles. The standard InChI is InChI=1S/C16H22BrNO2/c1-4-6-13(5-2)18-10-14(19)11-20-16-8-7-12(3)9-15(16)17/h2,7-9,13-14,18-19H,4,6,10-11H2,1,3H3. The number of rotatable bonds is 8. The molecule has 0 bridgehead atoms. The Morgan fingerprint density at radius 3 is 2.85 bits per heavy atom. The normalized spacial score (nSPS) is 13.6. The summed E-state index contributed by atoms with van der Waals surface area (Å²) in [6.45, 7) is 4.76. The number of aliphatic hydroxyl groups excluding tert-OH is 1. The number of terminal acetylenes is 1. The number of nitrogens with one attached hydrogen (secondary N) is 1. The highest BCUT2D eigenvalue weighted by Gasteiger charge is 2.10. The SMILES string of the molecule is C#CC(CCC)NCC(O)COc1ccc(C)cc1Br. The third-order valence-corrected chi connectivity index (χ3v) is 3.52. The van der Waals surface area contributed by atoms with Crippen molar-refractivity contribution in [1.82, 2.24) is 5.32 Å². The Labute approximate surface area is 129 Å². The molecule has 2 unspecified atom stereocenters. The van der Waals surface area contributed by atoms with Crippen LogP contribution in [0.5, 0.6) is 5.75 Å². The first-order valence-corrected chi connectivity index (χ1v) is 7.62. The largest absolute Gasteiger partial charge is 0.490 e. The summed E-state index contributed by atoms with van der Waals surface area (Å²) in [5, 5.41) is 13.0.